The summed E-state index contributed by atoms with van der Waals surface area (Å²) in [6, 6.07) is 5.68. The van der Waals surface area contributed by atoms with E-state index in [2.05, 4.69) is 15.0 Å². The van der Waals surface area contributed by atoms with Gasteiger partial charge in [-0.2, -0.15) is 0 Å². The third kappa shape index (κ3) is 1.71. The first-order chi connectivity index (χ1) is 8.34. The maximum atomic E-state index is 5.92. The van der Waals surface area contributed by atoms with Gasteiger partial charge in [0.2, 0.25) is 0 Å². The third-order valence-corrected chi connectivity index (χ3v) is 2.60. The highest BCUT2D eigenvalue weighted by Crippen LogP contribution is 2.23. The maximum Gasteiger partial charge on any atom is 0.138 e. The van der Waals surface area contributed by atoms with Crippen molar-refractivity contribution in [3.05, 3.63) is 36.7 Å². The molecule has 1 aliphatic heterocycles. The Hall–Kier alpha value is -2.43. The van der Waals surface area contributed by atoms with E-state index >= 15 is 0 Å². The van der Waals surface area contributed by atoms with Crippen LogP contribution in [0.2, 0.25) is 0 Å². The summed E-state index contributed by atoms with van der Waals surface area (Å²) in [6.07, 6.45) is 7.29. The Balaban J connectivity index is 2.12. The minimum absolute atomic E-state index is 0.494. The molecule has 0 saturated carbocycles. The summed E-state index contributed by atoms with van der Waals surface area (Å²) in [5, 5.41) is 0.876. The van der Waals surface area contributed by atoms with Gasteiger partial charge < -0.3 is 10.6 Å². The molecular formula is C12H11N5. The fourth-order valence-electron chi connectivity index (χ4n) is 1.77. The molecule has 17 heavy (non-hydrogen) atoms. The van der Waals surface area contributed by atoms with Gasteiger partial charge in [-0.15, -0.1) is 0 Å². The van der Waals surface area contributed by atoms with E-state index in [1.165, 1.54) is 0 Å². The average Bonchev–Trinajstić information content (AvgIpc) is 2.40. The molecule has 0 bridgehead atoms. The molecule has 0 amide bonds. The van der Waals surface area contributed by atoms with Crippen LogP contribution < -0.4 is 10.6 Å². The van der Waals surface area contributed by atoms with Gasteiger partial charge >= 0.3 is 0 Å². The number of allylic oxidation sites excluding steroid dienone is 1. The van der Waals surface area contributed by atoms with Crippen molar-refractivity contribution in [1.82, 2.24) is 9.97 Å². The molecule has 0 aliphatic carbocycles. The molecule has 0 spiro atoms. The van der Waals surface area contributed by atoms with E-state index in [0.717, 1.165) is 16.7 Å². The Morgan fingerprint density at radius 2 is 2.29 bits per heavy atom. The zero-order chi connectivity index (χ0) is 11.7. The first kappa shape index (κ1) is 9.77. The summed E-state index contributed by atoms with van der Waals surface area (Å²) >= 11 is 0. The van der Waals surface area contributed by atoms with Crippen molar-refractivity contribution in [2.45, 2.75) is 0 Å². The molecule has 2 aromatic heterocycles. The predicted octanol–water partition coefficient (Wildman–Crippen LogP) is 1.57. The van der Waals surface area contributed by atoms with Crippen LogP contribution in [-0.2, 0) is 0 Å². The van der Waals surface area contributed by atoms with Gasteiger partial charge in [-0.1, -0.05) is 0 Å². The maximum absolute atomic E-state index is 5.92. The summed E-state index contributed by atoms with van der Waals surface area (Å²) in [7, 11) is 0. The highest BCUT2D eigenvalue weighted by atomic mass is 15.2. The molecular weight excluding hydrogens is 214 g/mol. The van der Waals surface area contributed by atoms with Gasteiger partial charge in [-0.05, 0) is 18.2 Å². The number of pyridine rings is 2. The summed E-state index contributed by atoms with van der Waals surface area (Å²) in [5.41, 5.74) is 6.77. The molecule has 2 aromatic rings. The normalized spacial score (nSPS) is 14.5. The van der Waals surface area contributed by atoms with Gasteiger partial charge in [0.25, 0.3) is 0 Å². The van der Waals surface area contributed by atoms with Gasteiger partial charge in [-0.25, -0.2) is 4.98 Å². The Kier molecular flexibility index (Phi) is 2.22. The smallest absolute Gasteiger partial charge is 0.138 e. The molecule has 1 aliphatic rings. The second-order valence-electron chi connectivity index (χ2n) is 3.72. The fraction of sp³-hybridized carbons (Fsp3) is 0.0833. The molecule has 0 atom stereocenters. The van der Waals surface area contributed by atoms with Crippen LogP contribution in [0, 0.1) is 0 Å². The quantitative estimate of drug-likeness (QED) is 0.800. The van der Waals surface area contributed by atoms with Gasteiger partial charge in [0, 0.05) is 30.1 Å². The molecule has 5 heteroatoms. The standard InChI is InChI=1S/C12H11N5/c13-12-9-3-1-5-15-10(9)7-11(16-12)17-6-2-4-14-8-17/h1-7H,8H2,(H2,13,16). The number of fused-ring (bicyclic) bond motifs is 1. The van der Waals surface area contributed by atoms with Crippen LogP contribution in [0.25, 0.3) is 10.9 Å². The van der Waals surface area contributed by atoms with E-state index in [-0.39, 0.29) is 0 Å². The molecule has 2 N–H and O–H groups in total. The number of hydrogen-bond donors (Lipinski definition) is 1. The molecule has 5 nitrogen and oxygen atoms in total. The van der Waals surface area contributed by atoms with Crippen molar-refractivity contribution in [3.8, 4) is 0 Å². The molecule has 0 radical (unpaired) electrons. The number of nitrogen functional groups attached to an aromatic ring is 1. The second kappa shape index (κ2) is 3.86. The Morgan fingerprint density at radius 3 is 3.12 bits per heavy atom. The highest BCUT2D eigenvalue weighted by molar-refractivity contribution is 5.90. The van der Waals surface area contributed by atoms with Crippen molar-refractivity contribution in [1.29, 1.82) is 0 Å². The summed E-state index contributed by atoms with van der Waals surface area (Å²) in [5.74, 6) is 1.26. The van der Waals surface area contributed by atoms with Crippen molar-refractivity contribution in [3.63, 3.8) is 0 Å². The highest BCUT2D eigenvalue weighted by Gasteiger charge is 2.09. The third-order valence-electron chi connectivity index (χ3n) is 2.60. The van der Waals surface area contributed by atoms with E-state index in [1.807, 2.05) is 35.4 Å². The van der Waals surface area contributed by atoms with Crippen LogP contribution in [0.1, 0.15) is 0 Å². The number of rotatable bonds is 1. The SMILES string of the molecule is Nc1nc(N2C=CC=NC2)cc2ncccc12. The monoisotopic (exact) mass is 225 g/mol. The largest absolute Gasteiger partial charge is 0.383 e. The topological polar surface area (TPSA) is 67.4 Å². The van der Waals surface area contributed by atoms with Crippen LogP contribution in [0.4, 0.5) is 11.6 Å². The van der Waals surface area contributed by atoms with Crippen LogP contribution in [0.5, 0.6) is 0 Å². The molecule has 0 fully saturated rings. The Labute approximate surface area is 98.3 Å². The summed E-state index contributed by atoms with van der Waals surface area (Å²) in [6.45, 7) is 0.557. The van der Waals surface area contributed by atoms with Gasteiger partial charge in [0.05, 0.1) is 5.52 Å². The van der Waals surface area contributed by atoms with Crippen LogP contribution in [0.3, 0.4) is 0 Å². The van der Waals surface area contributed by atoms with E-state index in [0.29, 0.717) is 12.5 Å². The summed E-state index contributed by atoms with van der Waals surface area (Å²) < 4.78 is 0. The van der Waals surface area contributed by atoms with E-state index < -0.39 is 0 Å². The minimum Gasteiger partial charge on any atom is -0.383 e. The fourth-order valence-corrected chi connectivity index (χ4v) is 1.77. The summed E-state index contributed by atoms with van der Waals surface area (Å²) in [4.78, 5) is 14.7. The number of hydrogen-bond acceptors (Lipinski definition) is 5. The van der Waals surface area contributed by atoms with Gasteiger partial charge in [0.1, 0.15) is 18.3 Å². The number of anilines is 2. The van der Waals surface area contributed by atoms with Crippen molar-refractivity contribution in [2.24, 2.45) is 4.99 Å². The zero-order valence-corrected chi connectivity index (χ0v) is 9.11. The Morgan fingerprint density at radius 1 is 1.35 bits per heavy atom. The second-order valence-corrected chi connectivity index (χ2v) is 3.72. The van der Waals surface area contributed by atoms with E-state index in [9.17, 15) is 0 Å². The molecule has 3 rings (SSSR count). The number of nitrogens with zero attached hydrogens (tertiary/aromatic N) is 4. The first-order valence-corrected chi connectivity index (χ1v) is 5.29. The van der Waals surface area contributed by atoms with Crippen LogP contribution >= 0.6 is 0 Å². The first-order valence-electron chi connectivity index (χ1n) is 5.29. The molecule has 0 saturated heterocycles. The number of nitrogens with two attached hydrogens (primary N) is 1. The van der Waals surface area contributed by atoms with Crippen LogP contribution in [0.15, 0.2) is 41.7 Å². The van der Waals surface area contributed by atoms with Gasteiger partial charge in [0.15, 0.2) is 0 Å². The zero-order valence-electron chi connectivity index (χ0n) is 9.11. The lowest BCUT2D eigenvalue weighted by Gasteiger charge is -2.19. The lowest BCUT2D eigenvalue weighted by atomic mass is 10.2. The number of aliphatic imine (C=N–C) groups is 1. The van der Waals surface area contributed by atoms with Crippen LogP contribution in [-0.4, -0.2) is 22.9 Å². The Bertz CT molecular complexity index is 617. The minimum atomic E-state index is 0.494. The van der Waals surface area contributed by atoms with E-state index in [1.54, 1.807) is 12.4 Å². The molecule has 3 heterocycles. The lowest BCUT2D eigenvalue weighted by Crippen LogP contribution is -2.20. The molecule has 84 valence electrons. The van der Waals surface area contributed by atoms with Crippen molar-refractivity contribution in [2.75, 3.05) is 17.3 Å². The van der Waals surface area contributed by atoms with Crippen molar-refractivity contribution < 1.29 is 0 Å². The van der Waals surface area contributed by atoms with Crippen molar-refractivity contribution >= 4 is 28.8 Å². The average molecular weight is 225 g/mol. The van der Waals surface area contributed by atoms with Gasteiger partial charge in [-0.3, -0.25) is 9.98 Å². The molecule has 0 aromatic carbocycles. The lowest BCUT2D eigenvalue weighted by molar-refractivity contribution is 0.947. The predicted molar refractivity (Wildman–Crippen MR) is 68.9 cm³/mol. The van der Waals surface area contributed by atoms with E-state index in [4.69, 9.17) is 5.73 Å². The number of aromatic nitrogens is 2. The molecule has 0 unspecified atom stereocenters.